The summed E-state index contributed by atoms with van der Waals surface area (Å²) in [6.07, 6.45) is -1.30. The Hall–Kier alpha value is -2.56. The van der Waals surface area contributed by atoms with Crippen LogP contribution in [-0.4, -0.2) is 26.5 Å². The van der Waals surface area contributed by atoms with Crippen molar-refractivity contribution >= 4 is 45.0 Å². The number of amides is 1. The van der Waals surface area contributed by atoms with Gasteiger partial charge in [0.1, 0.15) is 11.5 Å². The van der Waals surface area contributed by atoms with Crippen molar-refractivity contribution in [2.75, 3.05) is 7.11 Å². The number of benzene rings is 2. The van der Waals surface area contributed by atoms with E-state index in [4.69, 9.17) is 27.9 Å². The second-order valence-corrected chi connectivity index (χ2v) is 7.15. The molecule has 2 aromatic rings. The molecule has 0 radical (unpaired) electrons. The van der Waals surface area contributed by atoms with Crippen LogP contribution in [0.2, 0.25) is 10.0 Å². The third-order valence-electron chi connectivity index (χ3n) is 2.94. The highest BCUT2D eigenvalue weighted by atomic mass is 35.5. The van der Waals surface area contributed by atoms with Gasteiger partial charge in [0.2, 0.25) is 0 Å². The molecule has 12 heteroatoms. The molecule has 0 heterocycles. The Morgan fingerprint density at radius 1 is 1.19 bits per heavy atom. The molecule has 2 aromatic carbocycles. The van der Waals surface area contributed by atoms with Crippen molar-refractivity contribution in [3.63, 3.8) is 0 Å². The Labute approximate surface area is 157 Å². The summed E-state index contributed by atoms with van der Waals surface area (Å²) in [6, 6.07) is 7.32. The van der Waals surface area contributed by atoms with Crippen LogP contribution in [-0.2, 0) is 14.8 Å². The van der Waals surface area contributed by atoms with Crippen molar-refractivity contribution in [3.05, 3.63) is 56.6 Å². The number of rotatable bonds is 5. The van der Waals surface area contributed by atoms with Crippen molar-refractivity contribution in [1.82, 2.24) is 4.72 Å². The minimum atomic E-state index is -4.58. The van der Waals surface area contributed by atoms with Gasteiger partial charge in [0.05, 0.1) is 17.1 Å². The van der Waals surface area contributed by atoms with Crippen molar-refractivity contribution in [2.24, 2.45) is 0 Å². The molecule has 2 rings (SSSR count). The summed E-state index contributed by atoms with van der Waals surface area (Å²) >= 11 is 11.7. The van der Waals surface area contributed by atoms with Gasteiger partial charge in [-0.3, -0.25) is 10.1 Å². The zero-order valence-corrected chi connectivity index (χ0v) is 15.3. The molecule has 0 bridgehead atoms. The Kier molecular flexibility index (Phi) is 5.90. The number of sulfonamides is 1. The van der Waals surface area contributed by atoms with Gasteiger partial charge in [-0.25, -0.2) is 17.9 Å². The highest BCUT2D eigenvalue weighted by Gasteiger charge is 2.28. The summed E-state index contributed by atoms with van der Waals surface area (Å²) in [7, 11) is -3.63. The third-order valence-corrected chi connectivity index (χ3v) is 4.81. The summed E-state index contributed by atoms with van der Waals surface area (Å²) in [5.74, 6) is 0.0826. The molecule has 26 heavy (non-hydrogen) atoms. The van der Waals surface area contributed by atoms with Crippen molar-refractivity contribution < 1.29 is 27.6 Å². The lowest BCUT2D eigenvalue weighted by molar-refractivity contribution is -0.387. The number of nitro benzene ring substituents is 1. The summed E-state index contributed by atoms with van der Waals surface area (Å²) in [5.41, 5.74) is -0.754. The predicted molar refractivity (Wildman–Crippen MR) is 92.4 cm³/mol. The molecule has 0 spiro atoms. The summed E-state index contributed by atoms with van der Waals surface area (Å²) in [4.78, 5) is 20.6. The second kappa shape index (κ2) is 7.77. The van der Waals surface area contributed by atoms with E-state index in [-0.39, 0.29) is 16.5 Å². The largest absolute Gasteiger partial charge is 0.456 e. The van der Waals surface area contributed by atoms with Gasteiger partial charge in [0, 0.05) is 17.2 Å². The average Bonchev–Trinajstić information content (AvgIpc) is 2.56. The molecule has 1 amide bonds. The van der Waals surface area contributed by atoms with Crippen LogP contribution in [0.1, 0.15) is 0 Å². The van der Waals surface area contributed by atoms with Crippen molar-refractivity contribution in [2.45, 2.75) is 4.90 Å². The number of halogens is 2. The summed E-state index contributed by atoms with van der Waals surface area (Å²) in [6.45, 7) is 0. The summed E-state index contributed by atoms with van der Waals surface area (Å²) < 4.78 is 35.6. The number of hydrogen-bond acceptors (Lipinski definition) is 7. The van der Waals surface area contributed by atoms with Crippen LogP contribution in [0.5, 0.6) is 11.5 Å². The Balaban J connectivity index is 2.48. The predicted octanol–water partition coefficient (Wildman–Crippen LogP) is 3.74. The van der Waals surface area contributed by atoms with Crippen LogP contribution in [0.4, 0.5) is 10.5 Å². The van der Waals surface area contributed by atoms with Crippen LogP contribution in [0.15, 0.2) is 41.3 Å². The fourth-order valence-electron chi connectivity index (χ4n) is 1.82. The molecular weight excluding hydrogens is 411 g/mol. The van der Waals surface area contributed by atoms with Crippen molar-refractivity contribution in [1.29, 1.82) is 0 Å². The number of nitro groups is 1. The molecule has 0 saturated carbocycles. The van der Waals surface area contributed by atoms with Gasteiger partial charge in [-0.1, -0.05) is 23.2 Å². The number of carbonyl (C=O) groups is 1. The van der Waals surface area contributed by atoms with E-state index in [9.17, 15) is 23.3 Å². The molecule has 0 fully saturated rings. The first kappa shape index (κ1) is 19.8. The van der Waals surface area contributed by atoms with Crippen molar-refractivity contribution in [3.8, 4) is 11.5 Å². The maximum absolute atomic E-state index is 12.2. The minimum absolute atomic E-state index is 0.0648. The first-order chi connectivity index (χ1) is 12.1. The van der Waals surface area contributed by atoms with Gasteiger partial charge in [-0.05, 0) is 24.3 Å². The molecule has 0 aromatic heterocycles. The summed E-state index contributed by atoms with van der Waals surface area (Å²) in [5, 5.41) is 11.6. The lowest BCUT2D eigenvalue weighted by Gasteiger charge is -2.10. The van der Waals surface area contributed by atoms with E-state index in [1.165, 1.54) is 29.0 Å². The number of nitrogens with zero attached hydrogens (tertiary/aromatic N) is 1. The lowest BCUT2D eigenvalue weighted by atomic mass is 10.3. The zero-order chi connectivity index (χ0) is 19.5. The maximum Gasteiger partial charge on any atom is 0.420 e. The van der Waals surface area contributed by atoms with Crippen LogP contribution in [0.25, 0.3) is 0 Å². The molecule has 0 atom stereocenters. The van der Waals surface area contributed by atoms with E-state index in [1.54, 1.807) is 0 Å². The standard InChI is InChI=1S/C14H10Cl2N2O7S/c1-24-14(19)17-26(22,23)13-7-9(3-4-11(13)18(20)21)25-12-5-2-8(15)6-10(12)16/h2-7H,1H3,(H,17,19). The molecule has 0 aliphatic carbocycles. The highest BCUT2D eigenvalue weighted by molar-refractivity contribution is 7.90. The molecule has 9 nitrogen and oxygen atoms in total. The highest BCUT2D eigenvalue weighted by Crippen LogP contribution is 2.34. The van der Waals surface area contributed by atoms with Gasteiger partial charge in [0.15, 0.2) is 4.90 Å². The number of methoxy groups -OCH3 is 1. The van der Waals surface area contributed by atoms with E-state index < -0.39 is 31.6 Å². The Morgan fingerprint density at radius 2 is 1.88 bits per heavy atom. The molecule has 1 N–H and O–H groups in total. The topological polar surface area (TPSA) is 125 Å². The molecule has 138 valence electrons. The Morgan fingerprint density at radius 3 is 2.46 bits per heavy atom. The second-order valence-electron chi connectivity index (χ2n) is 4.66. The van der Waals surface area contributed by atoms with Crippen LogP contribution < -0.4 is 9.46 Å². The molecule has 0 saturated heterocycles. The van der Waals surface area contributed by atoms with Gasteiger partial charge in [0.25, 0.3) is 15.7 Å². The maximum atomic E-state index is 12.2. The molecular formula is C14H10Cl2N2O7S. The van der Waals surface area contributed by atoms with E-state index in [2.05, 4.69) is 4.74 Å². The lowest BCUT2D eigenvalue weighted by Crippen LogP contribution is -2.30. The monoisotopic (exact) mass is 420 g/mol. The average molecular weight is 421 g/mol. The normalized spacial score (nSPS) is 10.9. The third kappa shape index (κ3) is 4.54. The molecule has 0 aliphatic rings. The van der Waals surface area contributed by atoms with E-state index in [1.807, 2.05) is 0 Å². The SMILES string of the molecule is COC(=O)NS(=O)(=O)c1cc(Oc2ccc(Cl)cc2Cl)ccc1[N+](=O)[O-]. The fraction of sp³-hybridized carbons (Fsp3) is 0.0714. The van der Waals surface area contributed by atoms with Gasteiger partial charge in [-0.15, -0.1) is 0 Å². The number of hydrogen-bond donors (Lipinski definition) is 1. The number of nitrogens with one attached hydrogen (secondary N) is 1. The first-order valence-electron chi connectivity index (χ1n) is 6.66. The fourth-order valence-corrected chi connectivity index (χ4v) is 3.36. The van der Waals surface area contributed by atoms with E-state index in [0.717, 1.165) is 19.2 Å². The zero-order valence-electron chi connectivity index (χ0n) is 12.9. The quantitative estimate of drug-likeness (QED) is 0.576. The number of ether oxygens (including phenoxy) is 2. The smallest absolute Gasteiger partial charge is 0.420 e. The first-order valence-corrected chi connectivity index (χ1v) is 8.90. The van der Waals surface area contributed by atoms with Crippen LogP contribution in [0, 0.1) is 10.1 Å². The van der Waals surface area contributed by atoms with Crippen LogP contribution in [0.3, 0.4) is 0 Å². The Bertz CT molecular complexity index is 979. The van der Waals surface area contributed by atoms with Gasteiger partial charge in [-0.2, -0.15) is 0 Å². The van der Waals surface area contributed by atoms with Gasteiger partial charge < -0.3 is 9.47 Å². The number of carbonyl (C=O) groups excluding carboxylic acids is 1. The molecule has 0 unspecified atom stereocenters. The van der Waals surface area contributed by atoms with E-state index in [0.29, 0.717) is 5.02 Å². The molecule has 0 aliphatic heterocycles. The minimum Gasteiger partial charge on any atom is -0.456 e. The van der Waals surface area contributed by atoms with Crippen LogP contribution >= 0.6 is 23.2 Å². The van der Waals surface area contributed by atoms with Gasteiger partial charge >= 0.3 is 6.09 Å². The van der Waals surface area contributed by atoms with E-state index >= 15 is 0 Å².